The smallest absolute Gasteiger partial charge is 0.217 e. The Hall–Kier alpha value is -1.16. The molecule has 0 saturated carbocycles. The molecular formula is C14H23N3O. The quantitative estimate of drug-likeness (QED) is 0.888. The first kappa shape index (κ1) is 13.3. The van der Waals surface area contributed by atoms with Crippen LogP contribution >= 0.6 is 0 Å². The average molecular weight is 249 g/mol. The van der Waals surface area contributed by atoms with Gasteiger partial charge in [-0.25, -0.2) is 4.98 Å². The molecule has 0 aliphatic carbocycles. The Balaban J connectivity index is 2.04. The van der Waals surface area contributed by atoms with Gasteiger partial charge in [0.1, 0.15) is 11.9 Å². The van der Waals surface area contributed by atoms with Crippen LogP contribution in [-0.4, -0.2) is 29.2 Å². The maximum Gasteiger partial charge on any atom is 0.217 e. The summed E-state index contributed by atoms with van der Waals surface area (Å²) in [5.74, 6) is 2.15. The molecule has 100 valence electrons. The van der Waals surface area contributed by atoms with E-state index in [0.717, 1.165) is 49.8 Å². The lowest BCUT2D eigenvalue weighted by Crippen LogP contribution is -2.34. The van der Waals surface area contributed by atoms with Crippen LogP contribution in [0.25, 0.3) is 0 Å². The lowest BCUT2D eigenvalue weighted by Gasteiger charge is -2.23. The number of piperidine rings is 1. The molecule has 0 radical (unpaired) electrons. The number of ether oxygens (including phenoxy) is 1. The maximum absolute atomic E-state index is 5.97. The van der Waals surface area contributed by atoms with Gasteiger partial charge in [-0.05, 0) is 45.2 Å². The van der Waals surface area contributed by atoms with E-state index in [1.807, 2.05) is 13.0 Å². The second-order valence-corrected chi connectivity index (χ2v) is 5.41. The molecule has 0 spiro atoms. The molecule has 4 nitrogen and oxygen atoms in total. The number of hydrogen-bond acceptors (Lipinski definition) is 4. The van der Waals surface area contributed by atoms with Gasteiger partial charge in [-0.2, -0.15) is 4.98 Å². The van der Waals surface area contributed by atoms with Gasteiger partial charge in [-0.15, -0.1) is 0 Å². The predicted octanol–water partition coefficient (Wildman–Crippen LogP) is 2.11. The molecule has 1 aromatic heterocycles. The Labute approximate surface area is 109 Å². The van der Waals surface area contributed by atoms with Gasteiger partial charge in [0.25, 0.3) is 0 Å². The van der Waals surface area contributed by atoms with Crippen LogP contribution in [0.3, 0.4) is 0 Å². The number of rotatable bonds is 4. The third-order valence-electron chi connectivity index (χ3n) is 3.06. The van der Waals surface area contributed by atoms with Crippen LogP contribution in [-0.2, 0) is 6.42 Å². The molecule has 1 saturated heterocycles. The van der Waals surface area contributed by atoms with Crippen molar-refractivity contribution in [1.82, 2.24) is 15.3 Å². The van der Waals surface area contributed by atoms with E-state index >= 15 is 0 Å². The minimum absolute atomic E-state index is 0.299. The summed E-state index contributed by atoms with van der Waals surface area (Å²) in [5, 5.41) is 3.34. The van der Waals surface area contributed by atoms with E-state index in [4.69, 9.17) is 4.74 Å². The molecule has 4 heteroatoms. The van der Waals surface area contributed by atoms with Crippen LogP contribution < -0.4 is 10.1 Å². The van der Waals surface area contributed by atoms with Crippen molar-refractivity contribution in [3.63, 3.8) is 0 Å². The van der Waals surface area contributed by atoms with Crippen molar-refractivity contribution in [1.29, 1.82) is 0 Å². The highest BCUT2D eigenvalue weighted by Crippen LogP contribution is 2.17. The molecule has 1 N–H and O–H groups in total. The van der Waals surface area contributed by atoms with Gasteiger partial charge >= 0.3 is 0 Å². The fraction of sp³-hybridized carbons (Fsp3) is 0.714. The van der Waals surface area contributed by atoms with Crippen molar-refractivity contribution >= 4 is 0 Å². The summed E-state index contributed by atoms with van der Waals surface area (Å²) in [4.78, 5) is 8.85. The van der Waals surface area contributed by atoms with Crippen LogP contribution in [0.1, 0.15) is 38.2 Å². The number of nitrogens with one attached hydrogen (secondary N) is 1. The van der Waals surface area contributed by atoms with E-state index in [2.05, 4.69) is 29.1 Å². The zero-order valence-corrected chi connectivity index (χ0v) is 11.6. The monoisotopic (exact) mass is 249 g/mol. The standard InChI is InChI=1S/C14H23N3O/c1-10(2)8-12-9-14(17-11(3)16-12)18-13-4-6-15-7-5-13/h9-10,13,15H,4-8H2,1-3H3. The first-order chi connectivity index (χ1) is 8.63. The van der Waals surface area contributed by atoms with E-state index in [1.165, 1.54) is 0 Å². The molecule has 1 fully saturated rings. The van der Waals surface area contributed by atoms with Crippen molar-refractivity contribution in [2.75, 3.05) is 13.1 Å². The Kier molecular flexibility index (Phi) is 4.53. The van der Waals surface area contributed by atoms with E-state index in [-0.39, 0.29) is 0 Å². The highest BCUT2D eigenvalue weighted by Gasteiger charge is 2.15. The summed E-state index contributed by atoms with van der Waals surface area (Å²) >= 11 is 0. The van der Waals surface area contributed by atoms with E-state index in [0.29, 0.717) is 12.0 Å². The van der Waals surface area contributed by atoms with Gasteiger partial charge in [-0.3, -0.25) is 0 Å². The molecule has 1 aromatic rings. The zero-order valence-electron chi connectivity index (χ0n) is 11.6. The lowest BCUT2D eigenvalue weighted by atomic mass is 10.1. The number of aryl methyl sites for hydroxylation is 1. The fourth-order valence-electron chi connectivity index (χ4n) is 2.27. The van der Waals surface area contributed by atoms with Crippen molar-refractivity contribution in [2.45, 2.75) is 46.1 Å². The third-order valence-corrected chi connectivity index (χ3v) is 3.06. The SMILES string of the molecule is Cc1nc(CC(C)C)cc(OC2CCNCC2)n1. The number of aromatic nitrogens is 2. The minimum Gasteiger partial charge on any atom is -0.474 e. The van der Waals surface area contributed by atoms with Gasteiger partial charge in [0, 0.05) is 11.8 Å². The summed E-state index contributed by atoms with van der Waals surface area (Å²) in [6.45, 7) is 8.40. The molecule has 0 atom stereocenters. The van der Waals surface area contributed by atoms with E-state index < -0.39 is 0 Å². The Morgan fingerprint density at radius 1 is 1.33 bits per heavy atom. The molecule has 0 bridgehead atoms. The Morgan fingerprint density at radius 2 is 2.06 bits per heavy atom. The second kappa shape index (κ2) is 6.14. The second-order valence-electron chi connectivity index (χ2n) is 5.41. The number of hydrogen-bond donors (Lipinski definition) is 1. The first-order valence-corrected chi connectivity index (χ1v) is 6.85. The molecule has 2 heterocycles. The average Bonchev–Trinajstić information content (AvgIpc) is 2.28. The van der Waals surface area contributed by atoms with Crippen LogP contribution in [0, 0.1) is 12.8 Å². The van der Waals surface area contributed by atoms with Crippen LogP contribution in [0.5, 0.6) is 5.88 Å². The Bertz CT molecular complexity index is 387. The minimum atomic E-state index is 0.299. The Morgan fingerprint density at radius 3 is 2.72 bits per heavy atom. The molecule has 0 unspecified atom stereocenters. The van der Waals surface area contributed by atoms with Gasteiger partial charge in [0.15, 0.2) is 0 Å². The van der Waals surface area contributed by atoms with Gasteiger partial charge in [-0.1, -0.05) is 13.8 Å². The van der Waals surface area contributed by atoms with Crippen molar-refractivity contribution in [3.05, 3.63) is 17.6 Å². The van der Waals surface area contributed by atoms with Gasteiger partial charge in [0.2, 0.25) is 5.88 Å². The molecule has 18 heavy (non-hydrogen) atoms. The van der Waals surface area contributed by atoms with Gasteiger partial charge < -0.3 is 10.1 Å². The van der Waals surface area contributed by atoms with Crippen molar-refractivity contribution in [3.8, 4) is 5.88 Å². The highest BCUT2D eigenvalue weighted by atomic mass is 16.5. The maximum atomic E-state index is 5.97. The van der Waals surface area contributed by atoms with Gasteiger partial charge in [0.05, 0.1) is 0 Å². The lowest BCUT2D eigenvalue weighted by molar-refractivity contribution is 0.155. The first-order valence-electron chi connectivity index (χ1n) is 6.85. The van der Waals surface area contributed by atoms with E-state index in [9.17, 15) is 0 Å². The van der Waals surface area contributed by atoms with Crippen LogP contribution in [0.2, 0.25) is 0 Å². The summed E-state index contributed by atoms with van der Waals surface area (Å²) in [6, 6.07) is 2.00. The summed E-state index contributed by atoms with van der Waals surface area (Å²) in [7, 11) is 0. The number of nitrogens with zero attached hydrogens (tertiary/aromatic N) is 2. The highest BCUT2D eigenvalue weighted by molar-refractivity contribution is 5.17. The third kappa shape index (κ3) is 3.95. The normalized spacial score (nSPS) is 17.1. The van der Waals surface area contributed by atoms with Crippen LogP contribution in [0.4, 0.5) is 0 Å². The fourth-order valence-corrected chi connectivity index (χ4v) is 2.27. The van der Waals surface area contributed by atoms with Crippen LogP contribution in [0.15, 0.2) is 6.07 Å². The zero-order chi connectivity index (χ0) is 13.0. The summed E-state index contributed by atoms with van der Waals surface area (Å²) in [5.41, 5.74) is 1.08. The topological polar surface area (TPSA) is 47.0 Å². The summed E-state index contributed by atoms with van der Waals surface area (Å²) < 4.78 is 5.97. The summed E-state index contributed by atoms with van der Waals surface area (Å²) in [6.07, 6.45) is 3.39. The van der Waals surface area contributed by atoms with Crippen molar-refractivity contribution < 1.29 is 4.74 Å². The molecule has 0 aromatic carbocycles. The molecular weight excluding hydrogens is 226 g/mol. The van der Waals surface area contributed by atoms with E-state index in [1.54, 1.807) is 0 Å². The predicted molar refractivity (Wildman–Crippen MR) is 71.8 cm³/mol. The van der Waals surface area contributed by atoms with Crippen molar-refractivity contribution in [2.24, 2.45) is 5.92 Å². The molecule has 1 aliphatic heterocycles. The molecule has 2 rings (SSSR count). The molecule has 0 amide bonds. The molecule has 1 aliphatic rings. The largest absolute Gasteiger partial charge is 0.474 e.